The van der Waals surface area contributed by atoms with Crippen molar-refractivity contribution in [3.8, 4) is 0 Å². The summed E-state index contributed by atoms with van der Waals surface area (Å²) in [4.78, 5) is 14.0. The Morgan fingerprint density at radius 2 is 1.94 bits per heavy atom. The first-order valence-electron chi connectivity index (χ1n) is 7.32. The highest BCUT2D eigenvalue weighted by molar-refractivity contribution is 5.79. The standard InChI is InChI=1S/C14H28N2O2/c1-4-9-16(10-5-2)12-7-8-14(11-12,13(17)18)15-6-3/h12,15H,4-11H2,1-3H3,(H,17,18). The zero-order valence-corrected chi connectivity index (χ0v) is 12.0. The maximum atomic E-state index is 11.5. The van der Waals surface area contributed by atoms with Crippen LogP contribution in [0.1, 0.15) is 52.9 Å². The first-order valence-corrected chi connectivity index (χ1v) is 7.32. The molecular formula is C14H28N2O2. The number of carbonyl (C=O) groups is 1. The minimum absolute atomic E-state index is 0.431. The molecule has 0 aromatic heterocycles. The SMILES string of the molecule is CCCN(CCC)C1CCC(NCC)(C(=O)O)C1. The van der Waals surface area contributed by atoms with Crippen molar-refractivity contribution in [2.24, 2.45) is 0 Å². The van der Waals surface area contributed by atoms with Crippen LogP contribution < -0.4 is 5.32 Å². The third-order valence-electron chi connectivity index (χ3n) is 3.95. The van der Waals surface area contributed by atoms with Crippen molar-refractivity contribution in [1.29, 1.82) is 0 Å². The van der Waals surface area contributed by atoms with Crippen molar-refractivity contribution in [1.82, 2.24) is 10.2 Å². The third-order valence-corrected chi connectivity index (χ3v) is 3.95. The molecule has 0 aromatic carbocycles. The Hall–Kier alpha value is -0.610. The minimum Gasteiger partial charge on any atom is -0.480 e. The van der Waals surface area contributed by atoms with Gasteiger partial charge in [0, 0.05) is 6.04 Å². The summed E-state index contributed by atoms with van der Waals surface area (Å²) in [6.45, 7) is 9.24. The molecule has 4 heteroatoms. The van der Waals surface area contributed by atoms with E-state index in [2.05, 4.69) is 24.1 Å². The fraction of sp³-hybridized carbons (Fsp3) is 0.929. The van der Waals surface area contributed by atoms with Gasteiger partial charge in [-0.2, -0.15) is 0 Å². The fourth-order valence-corrected chi connectivity index (χ4v) is 3.15. The molecule has 106 valence electrons. The van der Waals surface area contributed by atoms with Crippen LogP contribution in [0.2, 0.25) is 0 Å². The molecule has 1 aliphatic carbocycles. The number of carboxylic acid groups (broad SMARTS) is 1. The van der Waals surface area contributed by atoms with Gasteiger partial charge in [-0.05, 0) is 51.7 Å². The van der Waals surface area contributed by atoms with E-state index in [-0.39, 0.29) is 0 Å². The van der Waals surface area contributed by atoms with E-state index in [1.54, 1.807) is 0 Å². The summed E-state index contributed by atoms with van der Waals surface area (Å²) in [6.07, 6.45) is 4.77. The maximum absolute atomic E-state index is 11.5. The van der Waals surface area contributed by atoms with Crippen LogP contribution in [0.5, 0.6) is 0 Å². The summed E-state index contributed by atoms with van der Waals surface area (Å²) in [5.41, 5.74) is -0.681. The summed E-state index contributed by atoms with van der Waals surface area (Å²) >= 11 is 0. The second kappa shape index (κ2) is 7.10. The molecule has 4 nitrogen and oxygen atoms in total. The third kappa shape index (κ3) is 3.45. The molecule has 2 atom stereocenters. The summed E-state index contributed by atoms with van der Waals surface area (Å²) < 4.78 is 0. The molecule has 2 N–H and O–H groups in total. The quantitative estimate of drug-likeness (QED) is 0.698. The lowest BCUT2D eigenvalue weighted by atomic mass is 9.97. The van der Waals surface area contributed by atoms with Crippen molar-refractivity contribution >= 4 is 5.97 Å². The number of nitrogens with one attached hydrogen (secondary N) is 1. The lowest BCUT2D eigenvalue weighted by molar-refractivity contribution is -0.144. The van der Waals surface area contributed by atoms with Gasteiger partial charge < -0.3 is 15.3 Å². The molecule has 0 radical (unpaired) electrons. The second-order valence-electron chi connectivity index (χ2n) is 5.35. The summed E-state index contributed by atoms with van der Waals surface area (Å²) in [7, 11) is 0. The highest BCUT2D eigenvalue weighted by Gasteiger charge is 2.46. The average Bonchev–Trinajstić information content (AvgIpc) is 2.75. The van der Waals surface area contributed by atoms with Crippen molar-refractivity contribution in [2.45, 2.75) is 64.5 Å². The Morgan fingerprint density at radius 3 is 2.39 bits per heavy atom. The maximum Gasteiger partial charge on any atom is 0.323 e. The Labute approximate surface area is 111 Å². The van der Waals surface area contributed by atoms with E-state index < -0.39 is 11.5 Å². The molecule has 18 heavy (non-hydrogen) atoms. The summed E-state index contributed by atoms with van der Waals surface area (Å²) in [6, 6.07) is 0.431. The minimum atomic E-state index is -0.681. The van der Waals surface area contributed by atoms with Crippen LogP contribution in [0, 0.1) is 0 Å². The Bertz CT molecular complexity index is 265. The number of hydrogen-bond donors (Lipinski definition) is 2. The number of rotatable bonds is 8. The van der Waals surface area contributed by atoms with Gasteiger partial charge in [0.15, 0.2) is 0 Å². The summed E-state index contributed by atoms with van der Waals surface area (Å²) in [5.74, 6) is -0.681. The molecule has 0 saturated heterocycles. The molecule has 0 aliphatic heterocycles. The monoisotopic (exact) mass is 256 g/mol. The van der Waals surface area contributed by atoms with Crippen LogP contribution in [0.3, 0.4) is 0 Å². The molecule has 0 bridgehead atoms. The molecule has 1 aliphatic rings. The Kier molecular flexibility index (Phi) is 6.09. The normalized spacial score (nSPS) is 27.9. The van der Waals surface area contributed by atoms with E-state index in [1.807, 2.05) is 6.92 Å². The number of nitrogens with zero attached hydrogens (tertiary/aromatic N) is 1. The first-order chi connectivity index (χ1) is 8.59. The van der Waals surface area contributed by atoms with Gasteiger partial charge in [0.25, 0.3) is 0 Å². The molecule has 0 aromatic rings. The molecule has 1 saturated carbocycles. The van der Waals surface area contributed by atoms with E-state index >= 15 is 0 Å². The predicted molar refractivity (Wildman–Crippen MR) is 73.8 cm³/mol. The van der Waals surface area contributed by atoms with E-state index in [0.29, 0.717) is 6.04 Å². The predicted octanol–water partition coefficient (Wildman–Crippen LogP) is 2.09. The van der Waals surface area contributed by atoms with E-state index in [9.17, 15) is 9.90 Å². The van der Waals surface area contributed by atoms with E-state index in [0.717, 1.165) is 51.7 Å². The van der Waals surface area contributed by atoms with Crippen LogP contribution in [-0.2, 0) is 4.79 Å². The second-order valence-corrected chi connectivity index (χ2v) is 5.35. The number of aliphatic carboxylic acids is 1. The van der Waals surface area contributed by atoms with Crippen LogP contribution in [0.25, 0.3) is 0 Å². The van der Waals surface area contributed by atoms with Crippen LogP contribution in [-0.4, -0.2) is 47.2 Å². The average molecular weight is 256 g/mol. The number of carboxylic acids is 1. The highest BCUT2D eigenvalue weighted by Crippen LogP contribution is 2.33. The van der Waals surface area contributed by atoms with E-state index in [1.165, 1.54) is 0 Å². The molecule has 1 fully saturated rings. The van der Waals surface area contributed by atoms with Gasteiger partial charge in [-0.3, -0.25) is 4.79 Å². The van der Waals surface area contributed by atoms with Gasteiger partial charge in [0.1, 0.15) is 5.54 Å². The van der Waals surface area contributed by atoms with Crippen molar-refractivity contribution in [3.05, 3.63) is 0 Å². The van der Waals surface area contributed by atoms with Crippen molar-refractivity contribution in [3.63, 3.8) is 0 Å². The largest absolute Gasteiger partial charge is 0.480 e. The van der Waals surface area contributed by atoms with Gasteiger partial charge in [-0.25, -0.2) is 0 Å². The molecule has 1 rings (SSSR count). The van der Waals surface area contributed by atoms with Gasteiger partial charge in [-0.15, -0.1) is 0 Å². The molecule has 0 amide bonds. The van der Waals surface area contributed by atoms with Gasteiger partial charge in [0.2, 0.25) is 0 Å². The topological polar surface area (TPSA) is 52.6 Å². The first kappa shape index (κ1) is 15.4. The summed E-state index contributed by atoms with van der Waals surface area (Å²) in [5, 5.41) is 12.7. The lowest BCUT2D eigenvalue weighted by Crippen LogP contribution is -2.51. The lowest BCUT2D eigenvalue weighted by Gasteiger charge is -2.30. The van der Waals surface area contributed by atoms with Gasteiger partial charge >= 0.3 is 5.97 Å². The Morgan fingerprint density at radius 1 is 1.33 bits per heavy atom. The van der Waals surface area contributed by atoms with Crippen LogP contribution in [0.4, 0.5) is 0 Å². The van der Waals surface area contributed by atoms with Crippen molar-refractivity contribution < 1.29 is 9.90 Å². The zero-order chi connectivity index (χ0) is 13.6. The molecular weight excluding hydrogens is 228 g/mol. The number of hydrogen-bond acceptors (Lipinski definition) is 3. The molecule has 2 unspecified atom stereocenters. The Balaban J connectivity index is 2.68. The molecule has 0 spiro atoms. The van der Waals surface area contributed by atoms with Crippen LogP contribution in [0.15, 0.2) is 0 Å². The van der Waals surface area contributed by atoms with Gasteiger partial charge in [0.05, 0.1) is 0 Å². The fourth-order valence-electron chi connectivity index (χ4n) is 3.15. The molecule has 0 heterocycles. The van der Waals surface area contributed by atoms with E-state index in [4.69, 9.17) is 0 Å². The smallest absolute Gasteiger partial charge is 0.323 e. The van der Waals surface area contributed by atoms with Crippen LogP contribution >= 0.6 is 0 Å². The number of likely N-dealkylation sites (N-methyl/N-ethyl adjacent to an activating group) is 1. The van der Waals surface area contributed by atoms with Gasteiger partial charge in [-0.1, -0.05) is 20.8 Å². The highest BCUT2D eigenvalue weighted by atomic mass is 16.4. The zero-order valence-electron chi connectivity index (χ0n) is 12.0. The van der Waals surface area contributed by atoms with Crippen molar-refractivity contribution in [2.75, 3.05) is 19.6 Å².